The zero-order valence-corrected chi connectivity index (χ0v) is 16.4. The molecule has 0 unspecified atom stereocenters. The highest BCUT2D eigenvalue weighted by Crippen LogP contribution is 2.31. The van der Waals surface area contributed by atoms with Crippen LogP contribution in [0.25, 0.3) is 0 Å². The molecule has 0 radical (unpaired) electrons. The SMILES string of the molecule is O=C(NCCn1cc(Cl)cn1)c1cccc(COc2cccc(Cl)c2Cl)c1. The largest absolute Gasteiger partial charge is 0.487 e. The molecule has 1 aromatic heterocycles. The third-order valence-electron chi connectivity index (χ3n) is 3.73. The van der Waals surface area contributed by atoms with Gasteiger partial charge >= 0.3 is 0 Å². The van der Waals surface area contributed by atoms with Crippen molar-refractivity contribution in [1.82, 2.24) is 15.1 Å². The predicted molar refractivity (Wildman–Crippen MR) is 107 cm³/mol. The molecule has 0 fully saturated rings. The molecule has 0 spiro atoms. The Kier molecular flexibility index (Phi) is 6.61. The number of ether oxygens (including phenoxy) is 1. The summed E-state index contributed by atoms with van der Waals surface area (Å²) in [7, 11) is 0. The van der Waals surface area contributed by atoms with Crippen molar-refractivity contribution in [2.45, 2.75) is 13.2 Å². The van der Waals surface area contributed by atoms with E-state index in [0.717, 1.165) is 5.56 Å². The summed E-state index contributed by atoms with van der Waals surface area (Å²) in [5.74, 6) is 0.327. The van der Waals surface area contributed by atoms with Gasteiger partial charge in [0, 0.05) is 18.3 Å². The van der Waals surface area contributed by atoms with Gasteiger partial charge in [0.1, 0.15) is 17.4 Å². The summed E-state index contributed by atoms with van der Waals surface area (Å²) in [6, 6.07) is 12.4. The Morgan fingerprint density at radius 3 is 2.74 bits per heavy atom. The second-order valence-electron chi connectivity index (χ2n) is 5.72. The summed E-state index contributed by atoms with van der Waals surface area (Å²) in [4.78, 5) is 12.3. The first-order valence-corrected chi connectivity index (χ1v) is 9.28. The smallest absolute Gasteiger partial charge is 0.251 e. The molecule has 2 aromatic carbocycles. The number of nitrogens with one attached hydrogen (secondary N) is 1. The monoisotopic (exact) mass is 423 g/mol. The van der Waals surface area contributed by atoms with Gasteiger partial charge in [-0.25, -0.2) is 0 Å². The Morgan fingerprint density at radius 2 is 1.96 bits per heavy atom. The van der Waals surface area contributed by atoms with Crippen molar-refractivity contribution in [2.75, 3.05) is 6.54 Å². The van der Waals surface area contributed by atoms with Crippen LogP contribution in [0.1, 0.15) is 15.9 Å². The average Bonchev–Trinajstić information content (AvgIpc) is 3.08. The molecule has 3 rings (SSSR count). The van der Waals surface area contributed by atoms with E-state index in [9.17, 15) is 4.79 Å². The fourth-order valence-corrected chi connectivity index (χ4v) is 2.91. The van der Waals surface area contributed by atoms with Gasteiger partial charge in [-0.3, -0.25) is 9.48 Å². The van der Waals surface area contributed by atoms with Gasteiger partial charge in [-0.1, -0.05) is 53.0 Å². The van der Waals surface area contributed by atoms with Crippen molar-refractivity contribution < 1.29 is 9.53 Å². The number of carbonyl (C=O) groups excluding carboxylic acids is 1. The van der Waals surface area contributed by atoms with Crippen LogP contribution in [-0.4, -0.2) is 22.2 Å². The van der Waals surface area contributed by atoms with Crippen molar-refractivity contribution in [3.8, 4) is 5.75 Å². The van der Waals surface area contributed by atoms with Crippen molar-refractivity contribution in [3.05, 3.63) is 81.1 Å². The van der Waals surface area contributed by atoms with Crippen LogP contribution in [0.5, 0.6) is 5.75 Å². The highest BCUT2D eigenvalue weighted by molar-refractivity contribution is 6.42. The van der Waals surface area contributed by atoms with Crippen LogP contribution < -0.4 is 10.1 Å². The van der Waals surface area contributed by atoms with Crippen molar-refractivity contribution in [2.24, 2.45) is 0 Å². The third kappa shape index (κ3) is 5.39. The maximum absolute atomic E-state index is 12.3. The van der Waals surface area contributed by atoms with E-state index in [1.54, 1.807) is 53.5 Å². The minimum Gasteiger partial charge on any atom is -0.487 e. The lowest BCUT2D eigenvalue weighted by Gasteiger charge is -2.10. The van der Waals surface area contributed by atoms with Crippen LogP contribution in [0.15, 0.2) is 54.9 Å². The number of halogens is 3. The average molecular weight is 425 g/mol. The molecule has 1 amide bonds. The first-order chi connectivity index (χ1) is 13.0. The minimum absolute atomic E-state index is 0.170. The predicted octanol–water partition coefficient (Wildman–Crippen LogP) is 4.85. The van der Waals surface area contributed by atoms with E-state index in [1.807, 2.05) is 6.07 Å². The lowest BCUT2D eigenvalue weighted by Crippen LogP contribution is -2.27. The van der Waals surface area contributed by atoms with Crippen LogP contribution in [0.2, 0.25) is 15.1 Å². The van der Waals surface area contributed by atoms with E-state index >= 15 is 0 Å². The first kappa shape index (κ1) is 19.5. The molecule has 8 heteroatoms. The molecule has 0 saturated heterocycles. The van der Waals surface area contributed by atoms with Gasteiger partial charge in [0.05, 0.1) is 22.8 Å². The summed E-state index contributed by atoms with van der Waals surface area (Å²) >= 11 is 17.9. The molecule has 0 atom stereocenters. The Bertz CT molecular complexity index is 943. The van der Waals surface area contributed by atoms with Gasteiger partial charge in [0.15, 0.2) is 0 Å². The van der Waals surface area contributed by atoms with Gasteiger partial charge in [-0.2, -0.15) is 5.10 Å². The molecular formula is C19H16Cl3N3O2. The fourth-order valence-electron chi connectivity index (χ4n) is 2.41. The third-order valence-corrected chi connectivity index (χ3v) is 4.72. The maximum Gasteiger partial charge on any atom is 0.251 e. The number of hydrogen-bond donors (Lipinski definition) is 1. The standard InChI is InChI=1S/C19H16Cl3N3O2/c20-15-10-24-25(11-15)8-7-23-19(26)14-4-1-3-13(9-14)12-27-17-6-2-5-16(21)18(17)22/h1-6,9-11H,7-8,12H2,(H,23,26). The highest BCUT2D eigenvalue weighted by atomic mass is 35.5. The second kappa shape index (κ2) is 9.13. The Hall–Kier alpha value is -2.21. The van der Waals surface area contributed by atoms with Gasteiger partial charge in [-0.05, 0) is 29.8 Å². The fraction of sp³-hybridized carbons (Fsp3) is 0.158. The molecule has 27 heavy (non-hydrogen) atoms. The Morgan fingerprint density at radius 1 is 1.15 bits per heavy atom. The molecule has 0 aliphatic carbocycles. The van der Waals surface area contributed by atoms with E-state index in [4.69, 9.17) is 39.5 Å². The van der Waals surface area contributed by atoms with Gasteiger partial charge in [0.25, 0.3) is 5.91 Å². The zero-order valence-electron chi connectivity index (χ0n) is 14.2. The van der Waals surface area contributed by atoms with Crippen LogP contribution in [0.3, 0.4) is 0 Å². The molecule has 1 N–H and O–H groups in total. The Balaban J connectivity index is 1.56. The topological polar surface area (TPSA) is 56.2 Å². The van der Waals surface area contributed by atoms with Crippen LogP contribution in [0, 0.1) is 0 Å². The van der Waals surface area contributed by atoms with Gasteiger partial charge in [0.2, 0.25) is 0 Å². The second-order valence-corrected chi connectivity index (χ2v) is 6.94. The number of rotatable bonds is 7. The lowest BCUT2D eigenvalue weighted by atomic mass is 10.1. The summed E-state index contributed by atoms with van der Waals surface area (Å²) in [6.45, 7) is 1.25. The molecule has 0 aliphatic heterocycles. The number of carbonyl (C=O) groups is 1. The molecule has 0 aliphatic rings. The van der Waals surface area contributed by atoms with E-state index in [1.165, 1.54) is 0 Å². The number of benzene rings is 2. The van der Waals surface area contributed by atoms with Crippen LogP contribution in [-0.2, 0) is 13.2 Å². The van der Waals surface area contributed by atoms with E-state index in [2.05, 4.69) is 10.4 Å². The summed E-state index contributed by atoms with van der Waals surface area (Å²) in [5, 5.41) is 8.28. The maximum atomic E-state index is 12.3. The normalized spacial score (nSPS) is 10.6. The number of nitrogens with zero attached hydrogens (tertiary/aromatic N) is 2. The number of amides is 1. The summed E-state index contributed by atoms with van der Waals surface area (Å²) in [5.41, 5.74) is 1.39. The van der Waals surface area contributed by atoms with Crippen LogP contribution in [0.4, 0.5) is 0 Å². The molecule has 140 valence electrons. The molecule has 5 nitrogen and oxygen atoms in total. The molecule has 3 aromatic rings. The summed E-state index contributed by atoms with van der Waals surface area (Å²) in [6.07, 6.45) is 3.26. The van der Waals surface area contributed by atoms with Crippen molar-refractivity contribution in [1.29, 1.82) is 0 Å². The molecule has 0 bridgehead atoms. The first-order valence-electron chi connectivity index (χ1n) is 8.15. The molecular weight excluding hydrogens is 409 g/mol. The van der Waals surface area contributed by atoms with Gasteiger partial charge in [-0.15, -0.1) is 0 Å². The van der Waals surface area contributed by atoms with E-state index in [0.29, 0.717) is 39.5 Å². The quantitative estimate of drug-likeness (QED) is 0.590. The van der Waals surface area contributed by atoms with E-state index < -0.39 is 0 Å². The van der Waals surface area contributed by atoms with Crippen molar-refractivity contribution >= 4 is 40.7 Å². The van der Waals surface area contributed by atoms with Crippen molar-refractivity contribution in [3.63, 3.8) is 0 Å². The minimum atomic E-state index is -0.170. The number of aromatic nitrogens is 2. The Labute approximate surface area is 171 Å². The number of hydrogen-bond acceptors (Lipinski definition) is 3. The lowest BCUT2D eigenvalue weighted by molar-refractivity contribution is 0.0951. The van der Waals surface area contributed by atoms with E-state index in [-0.39, 0.29) is 12.5 Å². The highest BCUT2D eigenvalue weighted by Gasteiger charge is 2.08. The summed E-state index contributed by atoms with van der Waals surface area (Å²) < 4.78 is 7.38. The van der Waals surface area contributed by atoms with Gasteiger partial charge < -0.3 is 10.1 Å². The zero-order chi connectivity index (χ0) is 19.2. The molecule has 1 heterocycles. The molecule has 0 saturated carbocycles. The van der Waals surface area contributed by atoms with Crippen LogP contribution >= 0.6 is 34.8 Å².